The van der Waals surface area contributed by atoms with Crippen molar-refractivity contribution >= 4 is 28.6 Å². The highest BCUT2D eigenvalue weighted by molar-refractivity contribution is 8.00. The number of pyridine rings is 1. The number of hydrogen-bond donors (Lipinski definition) is 2. The minimum atomic E-state index is -1.03. The van der Waals surface area contributed by atoms with E-state index in [0.29, 0.717) is 36.0 Å². The Hall–Kier alpha value is -1.90. The molecule has 2 aliphatic rings. The molecular weight excluding hydrogens is 431 g/mol. The second kappa shape index (κ2) is 10.4. The molecule has 2 unspecified atom stereocenters. The van der Waals surface area contributed by atoms with Crippen molar-refractivity contribution in [3.8, 4) is 5.75 Å². The number of piperidine rings is 1. The molecule has 2 fully saturated rings. The number of likely N-dealkylation sites (tertiary alicyclic amines) is 1. The van der Waals surface area contributed by atoms with Crippen molar-refractivity contribution in [2.24, 2.45) is 11.8 Å². The lowest BCUT2D eigenvalue weighted by Gasteiger charge is -2.37. The normalized spacial score (nSPS) is 22.7. The van der Waals surface area contributed by atoms with Crippen LogP contribution < -0.4 is 4.74 Å². The van der Waals surface area contributed by atoms with Gasteiger partial charge in [-0.05, 0) is 62.8 Å². The van der Waals surface area contributed by atoms with Gasteiger partial charge in [-0.15, -0.1) is 0 Å². The summed E-state index contributed by atoms with van der Waals surface area (Å²) in [6.45, 7) is 2.35. The third-order valence-corrected chi connectivity index (χ3v) is 8.02. The van der Waals surface area contributed by atoms with Gasteiger partial charge in [0.2, 0.25) is 0 Å². The molecule has 2 heterocycles. The first kappa shape index (κ1) is 23.3. The van der Waals surface area contributed by atoms with Gasteiger partial charge in [-0.2, -0.15) is 11.8 Å². The molecule has 0 amide bonds. The van der Waals surface area contributed by atoms with Crippen molar-refractivity contribution in [2.75, 3.05) is 32.5 Å². The molecule has 0 spiro atoms. The van der Waals surface area contributed by atoms with Gasteiger partial charge in [0.05, 0.1) is 30.8 Å². The molecular formula is C24H31FN2O4S. The van der Waals surface area contributed by atoms with Gasteiger partial charge in [-0.1, -0.05) is 0 Å². The van der Waals surface area contributed by atoms with E-state index in [1.165, 1.54) is 20.0 Å². The lowest BCUT2D eigenvalue weighted by Crippen LogP contribution is -2.44. The van der Waals surface area contributed by atoms with Gasteiger partial charge >= 0.3 is 5.97 Å². The molecule has 1 aliphatic carbocycles. The Labute approximate surface area is 192 Å². The zero-order valence-corrected chi connectivity index (χ0v) is 19.2. The van der Waals surface area contributed by atoms with Gasteiger partial charge in [0, 0.05) is 35.0 Å². The van der Waals surface area contributed by atoms with E-state index in [1.807, 2.05) is 11.8 Å². The Balaban J connectivity index is 1.40. The van der Waals surface area contributed by atoms with Crippen molar-refractivity contribution in [3.63, 3.8) is 0 Å². The minimum Gasteiger partial charge on any atom is -0.497 e. The minimum absolute atomic E-state index is 0.0276. The molecule has 1 aromatic heterocycles. The maximum atomic E-state index is 14.6. The summed E-state index contributed by atoms with van der Waals surface area (Å²) in [5, 5.41) is 22.0. The van der Waals surface area contributed by atoms with Crippen molar-refractivity contribution in [1.29, 1.82) is 0 Å². The number of aliphatic hydroxyl groups is 1. The molecule has 1 saturated carbocycles. The van der Waals surface area contributed by atoms with Crippen LogP contribution in [0.15, 0.2) is 24.4 Å². The van der Waals surface area contributed by atoms with E-state index in [9.17, 15) is 19.4 Å². The van der Waals surface area contributed by atoms with Crippen LogP contribution >= 0.6 is 11.8 Å². The standard InChI is InChI=1S/C24H31FN2O4S/c1-31-16-3-6-21-18(12-16)23(20(25)13-26-21)22(28)7-2-15-8-9-27(14-19(15)24(29)30)10-11-32-17-4-5-17/h3,6,12-13,15,17,19,22,28H,2,4-5,7-11,14H2,1H3,(H,29,30)/t15?,19?,22-/m1/s1. The van der Waals surface area contributed by atoms with E-state index in [2.05, 4.69) is 9.88 Å². The summed E-state index contributed by atoms with van der Waals surface area (Å²) in [4.78, 5) is 18.3. The van der Waals surface area contributed by atoms with Crippen LogP contribution in [0.25, 0.3) is 10.9 Å². The molecule has 2 N–H and O–H groups in total. The molecule has 0 bridgehead atoms. The van der Waals surface area contributed by atoms with Crippen LogP contribution in [0.4, 0.5) is 4.39 Å². The lowest BCUT2D eigenvalue weighted by atomic mass is 9.81. The van der Waals surface area contributed by atoms with E-state index in [4.69, 9.17) is 4.74 Å². The Morgan fingerprint density at radius 2 is 2.19 bits per heavy atom. The molecule has 174 valence electrons. The fourth-order valence-electron chi connectivity index (χ4n) is 4.63. The first-order valence-electron chi connectivity index (χ1n) is 11.3. The fourth-order valence-corrected chi connectivity index (χ4v) is 5.80. The number of nitrogens with zero attached hydrogens (tertiary/aromatic N) is 2. The maximum Gasteiger partial charge on any atom is 0.308 e. The summed E-state index contributed by atoms with van der Waals surface area (Å²) < 4.78 is 19.9. The molecule has 6 nitrogen and oxygen atoms in total. The largest absolute Gasteiger partial charge is 0.497 e. The van der Waals surface area contributed by atoms with Crippen LogP contribution in [0.2, 0.25) is 0 Å². The number of methoxy groups -OCH3 is 1. The second-order valence-corrected chi connectivity index (χ2v) is 10.3. The van der Waals surface area contributed by atoms with Crippen LogP contribution in [-0.4, -0.2) is 63.8 Å². The Morgan fingerprint density at radius 3 is 2.91 bits per heavy atom. The van der Waals surface area contributed by atoms with E-state index in [-0.39, 0.29) is 11.5 Å². The maximum absolute atomic E-state index is 14.6. The summed E-state index contributed by atoms with van der Waals surface area (Å²) >= 11 is 1.99. The lowest BCUT2D eigenvalue weighted by molar-refractivity contribution is -0.146. The van der Waals surface area contributed by atoms with Crippen molar-refractivity contribution in [2.45, 2.75) is 43.5 Å². The first-order valence-corrected chi connectivity index (χ1v) is 12.4. The highest BCUT2D eigenvalue weighted by Crippen LogP contribution is 2.36. The number of aliphatic hydroxyl groups excluding tert-OH is 1. The quantitative estimate of drug-likeness (QED) is 0.550. The van der Waals surface area contributed by atoms with Crippen LogP contribution in [0.3, 0.4) is 0 Å². The third kappa shape index (κ3) is 5.53. The highest BCUT2D eigenvalue weighted by Gasteiger charge is 2.35. The predicted octanol–water partition coefficient (Wildman–Crippen LogP) is 4.11. The average Bonchev–Trinajstić information content (AvgIpc) is 3.61. The SMILES string of the molecule is COc1ccc2ncc(F)c([C@H](O)CCC3CCN(CCSC4CC4)CC3C(=O)O)c2c1. The van der Waals surface area contributed by atoms with E-state index < -0.39 is 23.8 Å². The molecule has 1 saturated heterocycles. The zero-order chi connectivity index (χ0) is 22.7. The average molecular weight is 463 g/mol. The van der Waals surface area contributed by atoms with Crippen molar-refractivity contribution < 1.29 is 24.1 Å². The highest BCUT2D eigenvalue weighted by atomic mass is 32.2. The second-order valence-electron chi connectivity index (χ2n) is 8.86. The number of carbonyl (C=O) groups is 1. The van der Waals surface area contributed by atoms with E-state index >= 15 is 0 Å². The van der Waals surface area contributed by atoms with Crippen molar-refractivity contribution in [3.05, 3.63) is 35.8 Å². The first-order chi connectivity index (χ1) is 15.5. The number of hydrogen-bond acceptors (Lipinski definition) is 6. The van der Waals surface area contributed by atoms with E-state index in [0.717, 1.165) is 36.7 Å². The molecule has 4 rings (SSSR count). The number of ether oxygens (including phenoxy) is 1. The van der Waals surface area contributed by atoms with Crippen LogP contribution in [0.1, 0.15) is 43.8 Å². The summed E-state index contributed by atoms with van der Waals surface area (Å²) in [5.41, 5.74) is 0.789. The smallest absolute Gasteiger partial charge is 0.308 e. The van der Waals surface area contributed by atoms with Crippen molar-refractivity contribution in [1.82, 2.24) is 9.88 Å². The van der Waals surface area contributed by atoms with Gasteiger partial charge in [0.25, 0.3) is 0 Å². The monoisotopic (exact) mass is 462 g/mol. The van der Waals surface area contributed by atoms with Crippen LogP contribution in [-0.2, 0) is 4.79 Å². The number of carboxylic acid groups (broad SMARTS) is 1. The number of aromatic nitrogens is 1. The number of halogens is 1. The molecule has 0 radical (unpaired) electrons. The van der Waals surface area contributed by atoms with Gasteiger partial charge in [-0.25, -0.2) is 4.39 Å². The number of carboxylic acids is 1. The summed E-state index contributed by atoms with van der Waals surface area (Å²) in [6.07, 6.45) is 4.35. The topological polar surface area (TPSA) is 82.9 Å². The molecule has 1 aromatic carbocycles. The number of rotatable bonds is 10. The van der Waals surface area contributed by atoms with E-state index in [1.54, 1.807) is 18.2 Å². The Morgan fingerprint density at radius 1 is 1.38 bits per heavy atom. The summed E-state index contributed by atoms with van der Waals surface area (Å²) in [6, 6.07) is 5.17. The van der Waals surface area contributed by atoms with Gasteiger partial charge in [-0.3, -0.25) is 9.78 Å². The molecule has 8 heteroatoms. The predicted molar refractivity (Wildman–Crippen MR) is 124 cm³/mol. The van der Waals surface area contributed by atoms with Crippen LogP contribution in [0.5, 0.6) is 5.75 Å². The van der Waals surface area contributed by atoms with Gasteiger partial charge < -0.3 is 19.8 Å². The van der Waals surface area contributed by atoms with Gasteiger partial charge in [0.1, 0.15) is 11.6 Å². The third-order valence-electron chi connectivity index (χ3n) is 6.65. The molecule has 1 aliphatic heterocycles. The fraction of sp³-hybridized carbons (Fsp3) is 0.583. The molecule has 3 atom stereocenters. The summed E-state index contributed by atoms with van der Waals surface area (Å²) in [7, 11) is 1.53. The Kier molecular flexibility index (Phi) is 7.53. The zero-order valence-electron chi connectivity index (χ0n) is 18.4. The molecule has 32 heavy (non-hydrogen) atoms. The number of benzene rings is 1. The molecule has 2 aromatic rings. The number of thioether (sulfide) groups is 1. The number of aliphatic carboxylic acids is 1. The summed E-state index contributed by atoms with van der Waals surface area (Å²) in [5.74, 6) is -0.207. The Bertz CT molecular complexity index is 955. The number of fused-ring (bicyclic) bond motifs is 1. The van der Waals surface area contributed by atoms with Crippen LogP contribution in [0, 0.1) is 17.7 Å². The van der Waals surface area contributed by atoms with Gasteiger partial charge in [0.15, 0.2) is 0 Å².